The summed E-state index contributed by atoms with van der Waals surface area (Å²) in [5.41, 5.74) is 0. The predicted molar refractivity (Wildman–Crippen MR) is 53.8 cm³/mol. The quantitative estimate of drug-likeness (QED) is 0.694. The maximum absolute atomic E-state index is 11.9. The van der Waals surface area contributed by atoms with Gasteiger partial charge < -0.3 is 5.32 Å². The van der Waals surface area contributed by atoms with Gasteiger partial charge >= 0.3 is 6.18 Å². The zero-order chi connectivity index (χ0) is 11.3. The summed E-state index contributed by atoms with van der Waals surface area (Å²) in [5.74, 6) is 0. The smallest absolute Gasteiger partial charge is 0.314 e. The average Bonchev–Trinajstić information content (AvgIpc) is 1.96. The van der Waals surface area contributed by atoms with Crippen LogP contribution in [-0.4, -0.2) is 43.8 Å². The van der Waals surface area contributed by atoms with Crippen LogP contribution in [0.2, 0.25) is 0 Å². The lowest BCUT2D eigenvalue weighted by atomic mass is 9.93. The van der Waals surface area contributed by atoms with Crippen LogP contribution in [-0.2, 0) is 0 Å². The SMILES string of the molecule is CN(CCCNC1CCC1)CC(F)(F)F. The minimum absolute atomic E-state index is 0.499. The van der Waals surface area contributed by atoms with Gasteiger partial charge in [-0.15, -0.1) is 0 Å². The lowest BCUT2D eigenvalue weighted by Gasteiger charge is -2.27. The molecule has 1 aliphatic rings. The van der Waals surface area contributed by atoms with Gasteiger partial charge in [0.25, 0.3) is 0 Å². The van der Waals surface area contributed by atoms with Crippen molar-refractivity contribution >= 4 is 0 Å². The van der Waals surface area contributed by atoms with Gasteiger partial charge in [0.05, 0.1) is 6.54 Å². The van der Waals surface area contributed by atoms with Crippen molar-refractivity contribution in [3.8, 4) is 0 Å². The van der Waals surface area contributed by atoms with E-state index in [0.717, 1.165) is 13.0 Å². The number of hydrogen-bond donors (Lipinski definition) is 1. The standard InChI is InChI=1S/C10H19F3N2/c1-15(8-10(11,12)13)7-3-6-14-9-4-2-5-9/h9,14H,2-8H2,1H3. The maximum atomic E-state index is 11.9. The summed E-state index contributed by atoms with van der Waals surface area (Å²) in [6, 6.07) is 0.623. The van der Waals surface area contributed by atoms with E-state index in [1.165, 1.54) is 31.2 Å². The molecule has 1 N–H and O–H groups in total. The van der Waals surface area contributed by atoms with Gasteiger partial charge in [-0.05, 0) is 39.4 Å². The molecule has 2 nitrogen and oxygen atoms in total. The van der Waals surface area contributed by atoms with E-state index in [9.17, 15) is 13.2 Å². The molecular formula is C10H19F3N2. The summed E-state index contributed by atoms with van der Waals surface area (Å²) in [6.07, 6.45) is 0.432. The predicted octanol–water partition coefficient (Wildman–Crippen LogP) is 2.01. The van der Waals surface area contributed by atoms with Crippen molar-refractivity contribution in [3.05, 3.63) is 0 Å². The van der Waals surface area contributed by atoms with Crippen LogP contribution in [0.5, 0.6) is 0 Å². The first-order valence-electron chi connectivity index (χ1n) is 5.46. The molecule has 0 heterocycles. The largest absolute Gasteiger partial charge is 0.401 e. The third-order valence-corrected chi connectivity index (χ3v) is 2.70. The molecular weight excluding hydrogens is 205 g/mol. The number of halogens is 3. The molecule has 1 saturated carbocycles. The summed E-state index contributed by atoms with van der Waals surface area (Å²) in [4.78, 5) is 1.32. The molecule has 0 spiro atoms. The van der Waals surface area contributed by atoms with Crippen LogP contribution in [0, 0.1) is 0 Å². The fourth-order valence-electron chi connectivity index (χ4n) is 1.65. The van der Waals surface area contributed by atoms with Crippen LogP contribution in [0.25, 0.3) is 0 Å². The maximum Gasteiger partial charge on any atom is 0.401 e. The molecule has 1 fully saturated rings. The Morgan fingerprint density at radius 1 is 1.33 bits per heavy atom. The number of nitrogens with zero attached hydrogens (tertiary/aromatic N) is 1. The van der Waals surface area contributed by atoms with Crippen molar-refractivity contribution in [1.82, 2.24) is 10.2 Å². The molecule has 0 aromatic rings. The van der Waals surface area contributed by atoms with Crippen LogP contribution in [0.1, 0.15) is 25.7 Å². The van der Waals surface area contributed by atoms with E-state index < -0.39 is 12.7 Å². The normalized spacial score (nSPS) is 18.2. The van der Waals surface area contributed by atoms with E-state index in [4.69, 9.17) is 0 Å². The Hall–Kier alpha value is -0.290. The Labute approximate surface area is 88.8 Å². The second-order valence-electron chi connectivity index (χ2n) is 4.29. The summed E-state index contributed by atoms with van der Waals surface area (Å²) >= 11 is 0. The second kappa shape index (κ2) is 5.70. The average molecular weight is 224 g/mol. The van der Waals surface area contributed by atoms with E-state index in [1.807, 2.05) is 0 Å². The fraction of sp³-hybridized carbons (Fsp3) is 1.00. The number of nitrogens with one attached hydrogen (secondary N) is 1. The highest BCUT2D eigenvalue weighted by molar-refractivity contribution is 4.76. The zero-order valence-corrected chi connectivity index (χ0v) is 9.11. The van der Waals surface area contributed by atoms with Gasteiger partial charge in [0.1, 0.15) is 0 Å². The monoisotopic (exact) mass is 224 g/mol. The molecule has 15 heavy (non-hydrogen) atoms. The first-order chi connectivity index (χ1) is 6.97. The lowest BCUT2D eigenvalue weighted by Crippen LogP contribution is -2.37. The topological polar surface area (TPSA) is 15.3 Å². The highest BCUT2D eigenvalue weighted by atomic mass is 19.4. The highest BCUT2D eigenvalue weighted by Crippen LogP contribution is 2.18. The zero-order valence-electron chi connectivity index (χ0n) is 9.11. The van der Waals surface area contributed by atoms with Gasteiger partial charge in [-0.3, -0.25) is 4.90 Å². The van der Waals surface area contributed by atoms with Gasteiger partial charge in [0, 0.05) is 6.04 Å². The summed E-state index contributed by atoms with van der Waals surface area (Å²) in [7, 11) is 1.51. The molecule has 0 saturated heterocycles. The molecule has 1 aliphatic carbocycles. The van der Waals surface area contributed by atoms with Gasteiger partial charge in [-0.2, -0.15) is 13.2 Å². The first kappa shape index (κ1) is 12.8. The molecule has 0 radical (unpaired) electrons. The Balaban J connectivity index is 1.94. The van der Waals surface area contributed by atoms with Crippen molar-refractivity contribution in [3.63, 3.8) is 0 Å². The van der Waals surface area contributed by atoms with Gasteiger partial charge in [-0.1, -0.05) is 6.42 Å². The molecule has 0 aliphatic heterocycles. The molecule has 5 heteroatoms. The molecule has 90 valence electrons. The number of rotatable bonds is 6. The molecule has 0 amide bonds. The van der Waals surface area contributed by atoms with Crippen molar-refractivity contribution in [2.75, 3.05) is 26.7 Å². The first-order valence-corrected chi connectivity index (χ1v) is 5.46. The minimum atomic E-state index is -4.07. The van der Waals surface area contributed by atoms with Gasteiger partial charge in [0.15, 0.2) is 0 Å². The van der Waals surface area contributed by atoms with Crippen LogP contribution in [0.4, 0.5) is 13.2 Å². The van der Waals surface area contributed by atoms with Gasteiger partial charge in [0.2, 0.25) is 0 Å². The van der Waals surface area contributed by atoms with Crippen molar-refractivity contribution in [1.29, 1.82) is 0 Å². The van der Waals surface area contributed by atoms with Crippen LogP contribution >= 0.6 is 0 Å². The van der Waals surface area contributed by atoms with E-state index in [-0.39, 0.29) is 0 Å². The number of alkyl halides is 3. The minimum Gasteiger partial charge on any atom is -0.314 e. The van der Waals surface area contributed by atoms with Crippen molar-refractivity contribution in [2.24, 2.45) is 0 Å². The summed E-state index contributed by atoms with van der Waals surface area (Å²) in [5, 5.41) is 3.33. The third kappa shape index (κ3) is 5.99. The Kier molecular flexibility index (Phi) is 4.86. The second-order valence-corrected chi connectivity index (χ2v) is 4.29. The molecule has 0 atom stereocenters. The molecule has 0 aromatic heterocycles. The molecule has 0 aromatic carbocycles. The summed E-state index contributed by atoms with van der Waals surface area (Å²) < 4.78 is 35.8. The Bertz CT molecular complexity index is 178. The molecule has 0 bridgehead atoms. The highest BCUT2D eigenvalue weighted by Gasteiger charge is 2.28. The van der Waals surface area contributed by atoms with E-state index in [2.05, 4.69) is 5.32 Å². The van der Waals surface area contributed by atoms with E-state index >= 15 is 0 Å². The van der Waals surface area contributed by atoms with Crippen LogP contribution < -0.4 is 5.32 Å². The van der Waals surface area contributed by atoms with E-state index in [0.29, 0.717) is 12.6 Å². The Morgan fingerprint density at radius 2 is 2.00 bits per heavy atom. The van der Waals surface area contributed by atoms with Gasteiger partial charge in [-0.25, -0.2) is 0 Å². The Morgan fingerprint density at radius 3 is 2.47 bits per heavy atom. The number of hydrogen-bond acceptors (Lipinski definition) is 2. The fourth-order valence-corrected chi connectivity index (χ4v) is 1.65. The molecule has 0 unspecified atom stereocenters. The van der Waals surface area contributed by atoms with Crippen molar-refractivity contribution < 1.29 is 13.2 Å². The molecule has 1 rings (SSSR count). The van der Waals surface area contributed by atoms with E-state index in [1.54, 1.807) is 0 Å². The summed E-state index contributed by atoms with van der Waals surface area (Å²) in [6.45, 7) is 0.516. The van der Waals surface area contributed by atoms with Crippen LogP contribution in [0.3, 0.4) is 0 Å². The third-order valence-electron chi connectivity index (χ3n) is 2.70. The van der Waals surface area contributed by atoms with Crippen LogP contribution in [0.15, 0.2) is 0 Å². The van der Waals surface area contributed by atoms with Crippen molar-refractivity contribution in [2.45, 2.75) is 37.9 Å². The lowest BCUT2D eigenvalue weighted by molar-refractivity contribution is -0.143.